The van der Waals surface area contributed by atoms with Gasteiger partial charge in [-0.1, -0.05) is 18.2 Å². The van der Waals surface area contributed by atoms with Crippen molar-refractivity contribution in [1.82, 2.24) is 0 Å². The van der Waals surface area contributed by atoms with Crippen LogP contribution in [0.2, 0.25) is 0 Å². The van der Waals surface area contributed by atoms with Gasteiger partial charge in [0.2, 0.25) is 0 Å². The molecule has 0 aromatic carbocycles. The van der Waals surface area contributed by atoms with Crippen LogP contribution in [0.5, 0.6) is 0 Å². The van der Waals surface area contributed by atoms with Gasteiger partial charge in [-0.25, -0.2) is 0 Å². The molecule has 1 N–H and O–H groups in total. The molecule has 0 aromatic rings. The molecule has 0 amide bonds. The van der Waals surface area contributed by atoms with E-state index in [4.69, 9.17) is 5.11 Å². The fourth-order valence-electron chi connectivity index (χ4n) is 0.700. The van der Waals surface area contributed by atoms with Gasteiger partial charge >= 0.3 is 0 Å². The maximum absolute atomic E-state index is 8.69. The number of rotatable bonds is 4. The van der Waals surface area contributed by atoms with Gasteiger partial charge in [0.15, 0.2) is 0 Å². The number of aliphatic hydroxyl groups excluding tert-OH is 1. The molecule has 9 heavy (non-hydrogen) atoms. The largest absolute Gasteiger partial charge is 0.396 e. The first-order chi connectivity index (χ1) is 4.35. The Kier molecular flexibility index (Phi) is 5.23. The molecule has 0 aliphatic rings. The van der Waals surface area contributed by atoms with E-state index in [9.17, 15) is 0 Å². The van der Waals surface area contributed by atoms with Gasteiger partial charge in [-0.3, -0.25) is 0 Å². The average Bonchev–Trinajstić information content (AvgIpc) is 1.88. The summed E-state index contributed by atoms with van der Waals surface area (Å²) in [6, 6.07) is 0. The SMILES string of the molecule is C=CCC(C=CC)CO. The second-order valence-electron chi connectivity index (χ2n) is 1.99. The van der Waals surface area contributed by atoms with Crippen LogP contribution in [0.15, 0.2) is 24.8 Å². The molecule has 0 bridgehead atoms. The molecule has 0 saturated heterocycles. The van der Waals surface area contributed by atoms with Crippen molar-refractivity contribution in [3.05, 3.63) is 24.8 Å². The van der Waals surface area contributed by atoms with Crippen LogP contribution in [-0.4, -0.2) is 11.7 Å². The standard InChI is InChI=1S/C8H14O/c1-3-5-8(7-9)6-4-2/h3-4,6,8-9H,1,5,7H2,2H3. The van der Waals surface area contributed by atoms with Gasteiger partial charge < -0.3 is 5.11 Å². The summed E-state index contributed by atoms with van der Waals surface area (Å²) < 4.78 is 0. The van der Waals surface area contributed by atoms with E-state index in [1.54, 1.807) is 0 Å². The van der Waals surface area contributed by atoms with E-state index >= 15 is 0 Å². The summed E-state index contributed by atoms with van der Waals surface area (Å²) in [5.74, 6) is 0.271. The summed E-state index contributed by atoms with van der Waals surface area (Å²) in [5.41, 5.74) is 0. The minimum Gasteiger partial charge on any atom is -0.396 e. The zero-order valence-electron chi connectivity index (χ0n) is 5.88. The number of allylic oxidation sites excluding steroid dienone is 2. The van der Waals surface area contributed by atoms with Crippen LogP contribution in [-0.2, 0) is 0 Å². The lowest BCUT2D eigenvalue weighted by atomic mass is 10.1. The van der Waals surface area contributed by atoms with Crippen molar-refractivity contribution in [1.29, 1.82) is 0 Å². The summed E-state index contributed by atoms with van der Waals surface area (Å²) in [4.78, 5) is 0. The predicted octanol–water partition coefficient (Wildman–Crippen LogP) is 1.75. The predicted molar refractivity (Wildman–Crippen MR) is 40.2 cm³/mol. The van der Waals surface area contributed by atoms with Crippen LogP contribution >= 0.6 is 0 Å². The zero-order chi connectivity index (χ0) is 7.11. The van der Waals surface area contributed by atoms with Gasteiger partial charge in [-0.15, -0.1) is 6.58 Å². The summed E-state index contributed by atoms with van der Waals surface area (Å²) in [5, 5.41) is 8.69. The first-order valence-corrected chi connectivity index (χ1v) is 3.19. The van der Waals surface area contributed by atoms with Gasteiger partial charge in [0.05, 0.1) is 0 Å². The molecule has 0 spiro atoms. The third-order valence-corrected chi connectivity index (χ3v) is 1.17. The molecule has 0 aliphatic heterocycles. The highest BCUT2D eigenvalue weighted by atomic mass is 16.3. The lowest BCUT2D eigenvalue weighted by molar-refractivity contribution is 0.253. The second kappa shape index (κ2) is 5.57. The molecule has 0 aliphatic carbocycles. The van der Waals surface area contributed by atoms with E-state index in [0.29, 0.717) is 0 Å². The Balaban J connectivity index is 3.53. The second-order valence-corrected chi connectivity index (χ2v) is 1.99. The number of hydrogen-bond acceptors (Lipinski definition) is 1. The van der Waals surface area contributed by atoms with Gasteiger partial charge in [-0.2, -0.15) is 0 Å². The molecule has 1 unspecified atom stereocenters. The highest BCUT2D eigenvalue weighted by Crippen LogP contribution is 2.03. The van der Waals surface area contributed by atoms with Crippen LogP contribution in [0.25, 0.3) is 0 Å². The van der Waals surface area contributed by atoms with Crippen molar-refractivity contribution in [3.8, 4) is 0 Å². The molecule has 0 radical (unpaired) electrons. The quantitative estimate of drug-likeness (QED) is 0.569. The van der Waals surface area contributed by atoms with E-state index in [1.165, 1.54) is 0 Å². The fourth-order valence-corrected chi connectivity index (χ4v) is 0.700. The van der Waals surface area contributed by atoms with Gasteiger partial charge in [0.25, 0.3) is 0 Å². The van der Waals surface area contributed by atoms with E-state index < -0.39 is 0 Å². The molecule has 1 atom stereocenters. The normalized spacial score (nSPS) is 14.0. The molecule has 0 fully saturated rings. The lowest BCUT2D eigenvalue weighted by Crippen LogP contribution is -1.99. The molecule has 52 valence electrons. The van der Waals surface area contributed by atoms with Crippen molar-refractivity contribution in [3.63, 3.8) is 0 Å². The van der Waals surface area contributed by atoms with Gasteiger partial charge in [0, 0.05) is 12.5 Å². The highest BCUT2D eigenvalue weighted by molar-refractivity contribution is 4.88. The van der Waals surface area contributed by atoms with Gasteiger partial charge in [0.1, 0.15) is 0 Å². The van der Waals surface area contributed by atoms with Crippen LogP contribution in [0.1, 0.15) is 13.3 Å². The summed E-state index contributed by atoms with van der Waals surface area (Å²) in [6.45, 7) is 5.75. The first kappa shape index (κ1) is 8.44. The van der Waals surface area contributed by atoms with Crippen molar-refractivity contribution < 1.29 is 5.11 Å². The molecule has 0 heterocycles. The Hall–Kier alpha value is -0.560. The molecular formula is C8H14O. The minimum absolute atomic E-state index is 0.219. The topological polar surface area (TPSA) is 20.2 Å². The van der Waals surface area contributed by atoms with Crippen LogP contribution in [0.3, 0.4) is 0 Å². The number of hydrogen-bond donors (Lipinski definition) is 1. The Labute approximate surface area is 56.7 Å². The molecule has 0 rings (SSSR count). The smallest absolute Gasteiger partial charge is 0.0496 e. The molecular weight excluding hydrogens is 112 g/mol. The Morgan fingerprint density at radius 2 is 2.33 bits per heavy atom. The fraction of sp³-hybridized carbons (Fsp3) is 0.500. The Morgan fingerprint density at radius 3 is 2.67 bits per heavy atom. The average molecular weight is 126 g/mol. The van der Waals surface area contributed by atoms with Crippen molar-refractivity contribution >= 4 is 0 Å². The van der Waals surface area contributed by atoms with Crippen LogP contribution in [0, 0.1) is 5.92 Å². The van der Waals surface area contributed by atoms with Crippen LogP contribution in [0.4, 0.5) is 0 Å². The Morgan fingerprint density at radius 1 is 1.67 bits per heavy atom. The molecule has 1 nitrogen and oxygen atoms in total. The molecule has 0 saturated carbocycles. The maximum atomic E-state index is 8.69. The van der Waals surface area contributed by atoms with E-state index in [1.807, 2.05) is 25.2 Å². The third kappa shape index (κ3) is 3.98. The molecule has 0 aromatic heterocycles. The van der Waals surface area contributed by atoms with E-state index in [2.05, 4.69) is 6.58 Å². The zero-order valence-corrected chi connectivity index (χ0v) is 5.88. The van der Waals surface area contributed by atoms with Crippen molar-refractivity contribution in [2.75, 3.05) is 6.61 Å². The van der Waals surface area contributed by atoms with Crippen molar-refractivity contribution in [2.45, 2.75) is 13.3 Å². The summed E-state index contributed by atoms with van der Waals surface area (Å²) in [6.07, 6.45) is 6.62. The minimum atomic E-state index is 0.219. The maximum Gasteiger partial charge on any atom is 0.0496 e. The third-order valence-electron chi connectivity index (χ3n) is 1.17. The summed E-state index contributed by atoms with van der Waals surface area (Å²) >= 11 is 0. The molecule has 1 heteroatoms. The van der Waals surface area contributed by atoms with E-state index in [0.717, 1.165) is 6.42 Å². The van der Waals surface area contributed by atoms with Gasteiger partial charge in [-0.05, 0) is 13.3 Å². The first-order valence-electron chi connectivity index (χ1n) is 3.19. The van der Waals surface area contributed by atoms with Crippen molar-refractivity contribution in [2.24, 2.45) is 5.92 Å². The Bertz CT molecular complexity index is 94.7. The summed E-state index contributed by atoms with van der Waals surface area (Å²) in [7, 11) is 0. The number of aliphatic hydroxyl groups is 1. The monoisotopic (exact) mass is 126 g/mol. The highest BCUT2D eigenvalue weighted by Gasteiger charge is 1.96. The lowest BCUT2D eigenvalue weighted by Gasteiger charge is -2.02. The van der Waals surface area contributed by atoms with E-state index in [-0.39, 0.29) is 12.5 Å². The van der Waals surface area contributed by atoms with Crippen LogP contribution < -0.4 is 0 Å².